The topological polar surface area (TPSA) is 104 Å². The van der Waals surface area contributed by atoms with Gasteiger partial charge in [0, 0.05) is 30.7 Å². The quantitative estimate of drug-likeness (QED) is 0.766. The average Bonchev–Trinajstić information content (AvgIpc) is 2.22. The van der Waals surface area contributed by atoms with Gasteiger partial charge >= 0.3 is 0 Å². The highest BCUT2D eigenvalue weighted by molar-refractivity contribution is 5.97. The van der Waals surface area contributed by atoms with Crippen LogP contribution in [0, 0.1) is 5.92 Å². The molecule has 22 heavy (non-hydrogen) atoms. The van der Waals surface area contributed by atoms with Gasteiger partial charge in [0.15, 0.2) is 0 Å². The van der Waals surface area contributed by atoms with Gasteiger partial charge in [0.05, 0.1) is 5.60 Å². The van der Waals surface area contributed by atoms with Gasteiger partial charge in [0.2, 0.25) is 5.95 Å². The van der Waals surface area contributed by atoms with Crippen LogP contribution in [0.2, 0.25) is 0 Å². The standard InChI is InChI=1S/C15H25N5O2/c1-14(2,3)19-13-17-6-10(11(16)21)12(18-13)20-7-9(8-20)15(4,5)22/h6,9,22H,7-8H2,1-5H3,(H2,16,21)(H,17,18,19). The summed E-state index contributed by atoms with van der Waals surface area (Å²) in [5, 5.41) is 13.2. The molecular weight excluding hydrogens is 282 g/mol. The summed E-state index contributed by atoms with van der Waals surface area (Å²) in [6.07, 6.45) is 1.45. The minimum atomic E-state index is -0.747. The van der Waals surface area contributed by atoms with Gasteiger partial charge in [-0.3, -0.25) is 4.79 Å². The molecule has 2 heterocycles. The third-order valence-corrected chi connectivity index (χ3v) is 3.70. The van der Waals surface area contributed by atoms with Crippen molar-refractivity contribution in [3.05, 3.63) is 11.8 Å². The van der Waals surface area contributed by atoms with E-state index in [1.165, 1.54) is 6.20 Å². The summed E-state index contributed by atoms with van der Waals surface area (Å²) in [5.41, 5.74) is 4.78. The molecule has 2 rings (SSSR count). The summed E-state index contributed by atoms with van der Waals surface area (Å²) in [4.78, 5) is 22.1. The number of nitrogens with two attached hydrogens (primary N) is 1. The molecule has 7 nitrogen and oxygen atoms in total. The lowest BCUT2D eigenvalue weighted by atomic mass is 9.84. The van der Waals surface area contributed by atoms with Gasteiger partial charge in [-0.15, -0.1) is 0 Å². The van der Waals surface area contributed by atoms with E-state index in [0.717, 1.165) is 0 Å². The maximum Gasteiger partial charge on any atom is 0.254 e. The normalized spacial score (nSPS) is 16.4. The van der Waals surface area contributed by atoms with Crippen LogP contribution in [0.1, 0.15) is 45.0 Å². The number of aromatic nitrogens is 2. The maximum atomic E-state index is 11.6. The molecule has 7 heteroatoms. The first-order valence-electron chi connectivity index (χ1n) is 7.40. The number of nitrogens with one attached hydrogen (secondary N) is 1. The number of carbonyl (C=O) groups excluding carboxylic acids is 1. The van der Waals surface area contributed by atoms with Crippen LogP contribution < -0.4 is 16.0 Å². The highest BCUT2D eigenvalue weighted by Gasteiger charge is 2.39. The molecule has 4 N–H and O–H groups in total. The van der Waals surface area contributed by atoms with Crippen LogP contribution in [0.3, 0.4) is 0 Å². The van der Waals surface area contributed by atoms with Crippen molar-refractivity contribution in [2.45, 2.75) is 45.8 Å². The summed E-state index contributed by atoms with van der Waals surface area (Å²) in [6, 6.07) is 0. The minimum Gasteiger partial charge on any atom is -0.390 e. The average molecular weight is 307 g/mol. The Morgan fingerprint density at radius 3 is 2.41 bits per heavy atom. The molecule has 0 aromatic carbocycles. The Balaban J connectivity index is 2.25. The number of rotatable bonds is 4. The van der Waals surface area contributed by atoms with Crippen molar-refractivity contribution in [1.29, 1.82) is 0 Å². The Morgan fingerprint density at radius 2 is 1.95 bits per heavy atom. The first kappa shape index (κ1) is 16.5. The maximum absolute atomic E-state index is 11.6. The Kier molecular flexibility index (Phi) is 4.04. The van der Waals surface area contributed by atoms with Gasteiger partial charge in [0.1, 0.15) is 11.4 Å². The largest absolute Gasteiger partial charge is 0.390 e. The van der Waals surface area contributed by atoms with Crippen LogP contribution in [0.25, 0.3) is 0 Å². The van der Waals surface area contributed by atoms with Crippen molar-refractivity contribution >= 4 is 17.7 Å². The van der Waals surface area contributed by atoms with E-state index in [9.17, 15) is 9.90 Å². The molecule has 1 fully saturated rings. The minimum absolute atomic E-state index is 0.141. The van der Waals surface area contributed by atoms with E-state index in [-0.39, 0.29) is 11.5 Å². The molecule has 0 saturated carbocycles. The summed E-state index contributed by atoms with van der Waals surface area (Å²) in [5.74, 6) is 0.570. The Labute approximate surface area is 130 Å². The summed E-state index contributed by atoms with van der Waals surface area (Å²) >= 11 is 0. The third-order valence-electron chi connectivity index (χ3n) is 3.70. The fourth-order valence-electron chi connectivity index (χ4n) is 2.28. The van der Waals surface area contributed by atoms with Gasteiger partial charge in [-0.2, -0.15) is 4.98 Å². The van der Waals surface area contributed by atoms with Crippen molar-refractivity contribution < 1.29 is 9.90 Å². The SMILES string of the molecule is CC(C)(C)Nc1ncc(C(N)=O)c(N2CC(C(C)(C)O)C2)n1. The summed E-state index contributed by atoms with van der Waals surface area (Å²) < 4.78 is 0. The van der Waals surface area contributed by atoms with Gasteiger partial charge in [-0.1, -0.05) is 0 Å². The number of hydrogen-bond acceptors (Lipinski definition) is 6. The first-order valence-corrected chi connectivity index (χ1v) is 7.40. The lowest BCUT2D eigenvalue weighted by Gasteiger charge is -2.46. The van der Waals surface area contributed by atoms with E-state index in [4.69, 9.17) is 5.73 Å². The molecule has 0 aliphatic carbocycles. The summed E-state index contributed by atoms with van der Waals surface area (Å²) in [6.45, 7) is 10.9. The zero-order chi connectivity index (χ0) is 16.7. The number of amides is 1. The zero-order valence-electron chi connectivity index (χ0n) is 13.8. The van der Waals surface area contributed by atoms with E-state index in [1.807, 2.05) is 25.7 Å². The van der Waals surface area contributed by atoms with Crippen LogP contribution >= 0.6 is 0 Å². The smallest absolute Gasteiger partial charge is 0.254 e. The van der Waals surface area contributed by atoms with Gasteiger partial charge in [-0.05, 0) is 34.6 Å². The molecule has 1 aliphatic heterocycles. The molecule has 0 radical (unpaired) electrons. The van der Waals surface area contributed by atoms with Crippen molar-refractivity contribution in [3.8, 4) is 0 Å². The zero-order valence-corrected chi connectivity index (χ0v) is 13.8. The predicted molar refractivity (Wildman–Crippen MR) is 85.9 cm³/mol. The fraction of sp³-hybridized carbons (Fsp3) is 0.667. The van der Waals surface area contributed by atoms with Gasteiger partial charge in [0.25, 0.3) is 5.91 Å². The van der Waals surface area contributed by atoms with Crippen LogP contribution in [-0.2, 0) is 0 Å². The van der Waals surface area contributed by atoms with Crippen LogP contribution in [0.5, 0.6) is 0 Å². The Bertz CT molecular complexity index is 568. The molecular formula is C15H25N5O2. The Morgan fingerprint density at radius 1 is 1.36 bits per heavy atom. The molecule has 0 spiro atoms. The molecule has 1 saturated heterocycles. The molecule has 0 bridgehead atoms. The third kappa shape index (κ3) is 3.65. The van der Waals surface area contributed by atoms with Crippen LogP contribution in [0.4, 0.5) is 11.8 Å². The highest BCUT2D eigenvalue weighted by Crippen LogP contribution is 2.32. The van der Waals surface area contributed by atoms with Crippen molar-refractivity contribution in [2.24, 2.45) is 11.7 Å². The number of aliphatic hydroxyl groups is 1. The highest BCUT2D eigenvalue weighted by atomic mass is 16.3. The van der Waals surface area contributed by atoms with Gasteiger partial charge in [-0.25, -0.2) is 4.98 Å². The number of hydrogen-bond donors (Lipinski definition) is 3. The second-order valence-electron chi connectivity index (χ2n) is 7.43. The van der Waals surface area contributed by atoms with Gasteiger partial charge < -0.3 is 21.1 Å². The van der Waals surface area contributed by atoms with E-state index in [2.05, 4.69) is 15.3 Å². The molecule has 0 unspecified atom stereocenters. The Hall–Kier alpha value is -1.89. The molecule has 1 aliphatic rings. The lowest BCUT2D eigenvalue weighted by Crippen LogP contribution is -2.56. The number of nitrogens with zero attached hydrogens (tertiary/aromatic N) is 3. The predicted octanol–water partition coefficient (Wildman–Crippen LogP) is 0.993. The first-order chi connectivity index (χ1) is 9.97. The van der Waals surface area contributed by atoms with E-state index >= 15 is 0 Å². The van der Waals surface area contributed by atoms with E-state index in [0.29, 0.717) is 30.4 Å². The van der Waals surface area contributed by atoms with Crippen LogP contribution in [-0.4, -0.2) is 45.2 Å². The second-order valence-corrected chi connectivity index (χ2v) is 7.43. The molecule has 0 atom stereocenters. The monoisotopic (exact) mass is 307 g/mol. The summed E-state index contributed by atoms with van der Waals surface area (Å²) in [7, 11) is 0. The molecule has 122 valence electrons. The molecule has 1 amide bonds. The molecule has 1 aromatic heterocycles. The van der Waals surface area contributed by atoms with Crippen LogP contribution in [0.15, 0.2) is 6.20 Å². The number of primary amides is 1. The van der Waals surface area contributed by atoms with Crippen molar-refractivity contribution in [1.82, 2.24) is 9.97 Å². The molecule has 1 aromatic rings. The van der Waals surface area contributed by atoms with Crippen molar-refractivity contribution in [3.63, 3.8) is 0 Å². The van der Waals surface area contributed by atoms with Crippen molar-refractivity contribution in [2.75, 3.05) is 23.3 Å². The number of carbonyl (C=O) groups is 1. The van der Waals surface area contributed by atoms with E-state index < -0.39 is 11.5 Å². The van der Waals surface area contributed by atoms with E-state index in [1.54, 1.807) is 13.8 Å². The fourth-order valence-corrected chi connectivity index (χ4v) is 2.28. The number of anilines is 2. The lowest BCUT2D eigenvalue weighted by molar-refractivity contribution is 0.00437. The second kappa shape index (κ2) is 5.39.